The van der Waals surface area contributed by atoms with Crippen molar-refractivity contribution in [2.45, 2.75) is 37.6 Å². The highest BCUT2D eigenvalue weighted by Gasteiger charge is 2.32. The second-order valence-electron chi connectivity index (χ2n) is 5.24. The number of ketones is 1. The van der Waals surface area contributed by atoms with Crippen LogP contribution in [0, 0.1) is 0 Å². The molecule has 0 saturated heterocycles. The molecule has 1 aliphatic rings. The van der Waals surface area contributed by atoms with E-state index in [1.807, 2.05) is 0 Å². The molecule has 0 heterocycles. The van der Waals surface area contributed by atoms with Crippen molar-refractivity contribution < 1.29 is 14.3 Å². The zero-order valence-electron chi connectivity index (χ0n) is 11.6. The van der Waals surface area contributed by atoms with Crippen molar-refractivity contribution in [1.82, 2.24) is 0 Å². The van der Waals surface area contributed by atoms with E-state index in [9.17, 15) is 4.79 Å². The topological polar surface area (TPSA) is 61.5 Å². The highest BCUT2D eigenvalue weighted by Crippen LogP contribution is 2.33. The number of hydrogen-bond donors (Lipinski definition) is 1. The molecule has 19 heavy (non-hydrogen) atoms. The lowest BCUT2D eigenvalue weighted by Crippen LogP contribution is -2.38. The first-order chi connectivity index (χ1) is 9.08. The fraction of sp³-hybridized carbons (Fsp3) is 0.533. The third-order valence-corrected chi connectivity index (χ3v) is 3.82. The number of carbonyl (C=O) groups is 1. The minimum absolute atomic E-state index is 0.0453. The molecular formula is C15H21NO3. The Morgan fingerprint density at radius 2 is 1.95 bits per heavy atom. The summed E-state index contributed by atoms with van der Waals surface area (Å²) >= 11 is 0. The largest absolute Gasteiger partial charge is 0.497 e. The fourth-order valence-corrected chi connectivity index (χ4v) is 2.70. The van der Waals surface area contributed by atoms with E-state index in [1.165, 1.54) is 0 Å². The number of ether oxygens (including phenoxy) is 2. The summed E-state index contributed by atoms with van der Waals surface area (Å²) in [6.45, 7) is 0. The quantitative estimate of drug-likeness (QED) is 0.829. The standard InChI is InChI=1S/C15H21NO3/c1-18-11-5-6-12(14(9-11)19-2)13(17)10-15(16)7-3-4-8-15/h5-6,9H,3-4,7-8,10,16H2,1-2H3. The molecule has 0 radical (unpaired) electrons. The van der Waals surface area contributed by atoms with Gasteiger partial charge in [0.2, 0.25) is 0 Å². The van der Waals surface area contributed by atoms with Crippen LogP contribution in [0.1, 0.15) is 42.5 Å². The highest BCUT2D eigenvalue weighted by molar-refractivity contribution is 5.99. The number of carbonyl (C=O) groups excluding carboxylic acids is 1. The summed E-state index contributed by atoms with van der Waals surface area (Å²) in [7, 11) is 3.14. The zero-order valence-corrected chi connectivity index (χ0v) is 11.6. The molecular weight excluding hydrogens is 242 g/mol. The third-order valence-electron chi connectivity index (χ3n) is 3.82. The van der Waals surface area contributed by atoms with Crippen LogP contribution in [0.5, 0.6) is 11.5 Å². The molecule has 0 atom stereocenters. The molecule has 0 amide bonds. The molecule has 0 bridgehead atoms. The van der Waals surface area contributed by atoms with Gasteiger partial charge in [-0.2, -0.15) is 0 Å². The first-order valence-corrected chi connectivity index (χ1v) is 6.62. The van der Waals surface area contributed by atoms with Crippen LogP contribution in [0.15, 0.2) is 18.2 Å². The molecule has 0 unspecified atom stereocenters. The third kappa shape index (κ3) is 3.07. The lowest BCUT2D eigenvalue weighted by atomic mass is 9.89. The van der Waals surface area contributed by atoms with Crippen LogP contribution in [0.2, 0.25) is 0 Å². The molecule has 1 aliphatic carbocycles. The van der Waals surface area contributed by atoms with E-state index in [-0.39, 0.29) is 11.3 Å². The minimum atomic E-state index is -0.331. The summed E-state index contributed by atoms with van der Waals surface area (Å²) in [5.74, 6) is 1.27. The van der Waals surface area contributed by atoms with Crippen molar-refractivity contribution in [3.8, 4) is 11.5 Å². The zero-order chi connectivity index (χ0) is 13.9. The Hall–Kier alpha value is -1.55. The van der Waals surface area contributed by atoms with Crippen LogP contribution >= 0.6 is 0 Å². The molecule has 1 fully saturated rings. The van der Waals surface area contributed by atoms with Crippen LogP contribution in [0.3, 0.4) is 0 Å². The molecule has 0 aliphatic heterocycles. The second-order valence-corrected chi connectivity index (χ2v) is 5.24. The van der Waals surface area contributed by atoms with Gasteiger partial charge in [0.25, 0.3) is 0 Å². The number of Topliss-reactive ketones (excluding diaryl/α,β-unsaturated/α-hetero) is 1. The molecule has 0 spiro atoms. The van der Waals surface area contributed by atoms with Gasteiger partial charge >= 0.3 is 0 Å². The molecule has 0 aromatic heterocycles. The van der Waals surface area contributed by atoms with E-state index in [2.05, 4.69) is 0 Å². The SMILES string of the molecule is COc1ccc(C(=O)CC2(N)CCCC2)c(OC)c1. The molecule has 2 N–H and O–H groups in total. The van der Waals surface area contributed by atoms with Gasteiger partial charge in [-0.3, -0.25) is 4.79 Å². The van der Waals surface area contributed by atoms with Gasteiger partial charge in [-0.05, 0) is 25.0 Å². The Kier molecular flexibility index (Phi) is 4.10. The first kappa shape index (κ1) is 13.9. The smallest absolute Gasteiger partial charge is 0.168 e. The van der Waals surface area contributed by atoms with Gasteiger partial charge in [-0.1, -0.05) is 12.8 Å². The predicted octanol–water partition coefficient (Wildman–Crippen LogP) is 2.55. The first-order valence-electron chi connectivity index (χ1n) is 6.62. The number of rotatable bonds is 5. The minimum Gasteiger partial charge on any atom is -0.497 e. The fourth-order valence-electron chi connectivity index (χ4n) is 2.70. The summed E-state index contributed by atoms with van der Waals surface area (Å²) in [5, 5.41) is 0. The highest BCUT2D eigenvalue weighted by atomic mass is 16.5. The van der Waals surface area contributed by atoms with Crippen LogP contribution < -0.4 is 15.2 Å². The van der Waals surface area contributed by atoms with Gasteiger partial charge in [0, 0.05) is 18.0 Å². The lowest BCUT2D eigenvalue weighted by Gasteiger charge is -2.22. The van der Waals surface area contributed by atoms with E-state index in [0.717, 1.165) is 25.7 Å². The summed E-state index contributed by atoms with van der Waals surface area (Å²) in [5.41, 5.74) is 6.51. The van der Waals surface area contributed by atoms with Gasteiger partial charge in [0.1, 0.15) is 11.5 Å². The summed E-state index contributed by atoms with van der Waals surface area (Å²) in [4.78, 5) is 12.4. The van der Waals surface area contributed by atoms with Crippen molar-refractivity contribution >= 4 is 5.78 Å². The average Bonchev–Trinajstić information content (AvgIpc) is 2.84. The number of benzene rings is 1. The van der Waals surface area contributed by atoms with Gasteiger partial charge in [-0.15, -0.1) is 0 Å². The van der Waals surface area contributed by atoms with Gasteiger partial charge in [-0.25, -0.2) is 0 Å². The van der Waals surface area contributed by atoms with E-state index in [0.29, 0.717) is 23.5 Å². The van der Waals surface area contributed by atoms with Crippen molar-refractivity contribution in [3.63, 3.8) is 0 Å². The van der Waals surface area contributed by atoms with Gasteiger partial charge in [0.15, 0.2) is 5.78 Å². The number of hydrogen-bond acceptors (Lipinski definition) is 4. The maximum Gasteiger partial charge on any atom is 0.168 e. The van der Waals surface area contributed by atoms with E-state index < -0.39 is 0 Å². The molecule has 1 aromatic rings. The van der Waals surface area contributed by atoms with E-state index >= 15 is 0 Å². The maximum absolute atomic E-state index is 12.4. The molecule has 1 saturated carbocycles. The molecule has 4 nitrogen and oxygen atoms in total. The Morgan fingerprint density at radius 1 is 1.26 bits per heavy atom. The normalized spacial score (nSPS) is 17.2. The van der Waals surface area contributed by atoms with Gasteiger partial charge < -0.3 is 15.2 Å². The van der Waals surface area contributed by atoms with E-state index in [1.54, 1.807) is 32.4 Å². The van der Waals surface area contributed by atoms with Crippen LogP contribution in [0.4, 0.5) is 0 Å². The molecule has 2 rings (SSSR count). The Morgan fingerprint density at radius 3 is 2.53 bits per heavy atom. The maximum atomic E-state index is 12.4. The lowest BCUT2D eigenvalue weighted by molar-refractivity contribution is 0.0949. The van der Waals surface area contributed by atoms with E-state index in [4.69, 9.17) is 15.2 Å². The molecule has 104 valence electrons. The van der Waals surface area contributed by atoms with Crippen LogP contribution in [-0.2, 0) is 0 Å². The van der Waals surface area contributed by atoms with Crippen molar-refractivity contribution in [1.29, 1.82) is 0 Å². The second kappa shape index (κ2) is 5.61. The number of methoxy groups -OCH3 is 2. The monoisotopic (exact) mass is 263 g/mol. The Bertz CT molecular complexity index is 464. The summed E-state index contributed by atoms with van der Waals surface area (Å²) in [6.07, 6.45) is 4.47. The van der Waals surface area contributed by atoms with Crippen LogP contribution in [0.25, 0.3) is 0 Å². The van der Waals surface area contributed by atoms with Gasteiger partial charge in [0.05, 0.1) is 19.8 Å². The Balaban J connectivity index is 2.18. The summed E-state index contributed by atoms with van der Waals surface area (Å²) < 4.78 is 10.4. The van der Waals surface area contributed by atoms with Crippen molar-refractivity contribution in [3.05, 3.63) is 23.8 Å². The van der Waals surface area contributed by atoms with Crippen molar-refractivity contribution in [2.24, 2.45) is 5.73 Å². The molecule has 4 heteroatoms. The van der Waals surface area contributed by atoms with Crippen molar-refractivity contribution in [2.75, 3.05) is 14.2 Å². The Labute approximate surface area is 113 Å². The average molecular weight is 263 g/mol. The number of nitrogens with two attached hydrogens (primary N) is 1. The predicted molar refractivity (Wildman–Crippen MR) is 73.9 cm³/mol. The molecule has 1 aromatic carbocycles. The van der Waals surface area contributed by atoms with Crippen LogP contribution in [-0.4, -0.2) is 25.5 Å². The summed E-state index contributed by atoms with van der Waals surface area (Å²) in [6, 6.07) is 5.25.